The van der Waals surface area contributed by atoms with Gasteiger partial charge in [-0.25, -0.2) is 15.2 Å². The molecule has 338 valence electrons. The van der Waals surface area contributed by atoms with Gasteiger partial charge in [-0.05, 0) is 81.7 Å². The summed E-state index contributed by atoms with van der Waals surface area (Å²) in [5.41, 5.74) is 9.11. The molecule has 0 unspecified atom stereocenters. The molecule has 1 aromatic carbocycles. The highest BCUT2D eigenvalue weighted by Crippen LogP contribution is 2.42. The number of carbonyl (C=O) groups excluding carboxylic acids is 4. The van der Waals surface area contributed by atoms with Crippen molar-refractivity contribution in [1.29, 1.82) is 0 Å². The molecular weight excluding hydrogens is 821 g/mol. The molecule has 4 aromatic rings. The molecule has 4 atom stereocenters. The highest BCUT2D eigenvalue weighted by Gasteiger charge is 2.50. The first kappa shape index (κ1) is 44.7. The summed E-state index contributed by atoms with van der Waals surface area (Å²) in [6.45, 7) is 15.0. The van der Waals surface area contributed by atoms with Gasteiger partial charge in [0.25, 0.3) is 5.91 Å². The lowest BCUT2D eigenvalue weighted by Crippen LogP contribution is -2.67. The van der Waals surface area contributed by atoms with Crippen LogP contribution in [0.4, 0.5) is 4.79 Å². The highest BCUT2D eigenvalue weighted by molar-refractivity contribution is 7.10. The number of likely N-dealkylation sites (N-methyl/N-ethyl adjacent to an activating group) is 1. The number of hydrazine groups is 1. The molecule has 15 nitrogen and oxygen atoms in total. The Morgan fingerprint density at radius 2 is 1.94 bits per heavy atom. The number of benzene rings is 1. The number of urea groups is 1. The van der Waals surface area contributed by atoms with Crippen LogP contribution in [0.5, 0.6) is 0 Å². The van der Waals surface area contributed by atoms with Crippen LogP contribution in [0.2, 0.25) is 0 Å². The van der Waals surface area contributed by atoms with Crippen molar-refractivity contribution in [3.05, 3.63) is 58.2 Å². The van der Waals surface area contributed by atoms with E-state index in [1.807, 2.05) is 32.2 Å². The first-order valence-corrected chi connectivity index (χ1v) is 23.3. The Morgan fingerprint density at radius 3 is 2.65 bits per heavy atom. The number of aryl methyl sites for hydroxylation is 1. The average molecular weight is 883 g/mol. The van der Waals surface area contributed by atoms with Crippen LogP contribution >= 0.6 is 11.3 Å². The number of thiazole rings is 1. The maximum absolute atomic E-state index is 14.6. The Hall–Kier alpha value is -4.90. The fraction of sp³-hybridized carbons (Fsp3) is 0.574. The van der Waals surface area contributed by atoms with Crippen molar-refractivity contribution in [2.24, 2.45) is 11.3 Å². The van der Waals surface area contributed by atoms with E-state index in [-0.39, 0.29) is 36.7 Å². The Bertz CT molecular complexity index is 2360. The summed E-state index contributed by atoms with van der Waals surface area (Å²) in [6.07, 6.45) is 5.19. The topological polar surface area (TPSA) is 160 Å². The molecule has 6 bridgehead atoms. The van der Waals surface area contributed by atoms with Crippen LogP contribution in [0.1, 0.15) is 89.6 Å². The monoisotopic (exact) mass is 882 g/mol. The number of methoxy groups -OCH3 is 1. The lowest BCUT2D eigenvalue weighted by atomic mass is 9.84. The molecule has 4 aliphatic rings. The first-order chi connectivity index (χ1) is 30.1. The van der Waals surface area contributed by atoms with Crippen molar-refractivity contribution in [2.45, 2.75) is 116 Å². The van der Waals surface area contributed by atoms with Crippen LogP contribution in [0.25, 0.3) is 33.4 Å². The predicted octanol–water partition coefficient (Wildman–Crippen LogP) is 6.14. The van der Waals surface area contributed by atoms with Gasteiger partial charge in [0.05, 0.1) is 47.9 Å². The fourth-order valence-electron chi connectivity index (χ4n) is 9.88. The van der Waals surface area contributed by atoms with E-state index in [0.717, 1.165) is 57.5 Å². The van der Waals surface area contributed by atoms with E-state index in [9.17, 15) is 19.2 Å². The van der Waals surface area contributed by atoms with Gasteiger partial charge in [0.1, 0.15) is 23.7 Å². The molecule has 4 aliphatic heterocycles. The molecule has 7 heterocycles. The van der Waals surface area contributed by atoms with Crippen molar-refractivity contribution in [3.63, 3.8) is 0 Å². The third-order valence-electron chi connectivity index (χ3n) is 13.2. The van der Waals surface area contributed by atoms with Crippen molar-refractivity contribution in [1.82, 2.24) is 40.1 Å². The maximum atomic E-state index is 14.6. The number of esters is 1. The van der Waals surface area contributed by atoms with Crippen LogP contribution < -0.4 is 10.7 Å². The van der Waals surface area contributed by atoms with E-state index < -0.39 is 41.3 Å². The van der Waals surface area contributed by atoms with Gasteiger partial charge in [0.2, 0.25) is 5.91 Å². The molecule has 0 saturated carbocycles. The third-order valence-corrected chi connectivity index (χ3v) is 14.1. The number of hydrogen-bond donors (Lipinski definition) is 2. The molecule has 2 N–H and O–H groups in total. The highest BCUT2D eigenvalue weighted by atomic mass is 32.1. The molecule has 16 heteroatoms. The van der Waals surface area contributed by atoms with Crippen molar-refractivity contribution < 1.29 is 33.4 Å². The minimum absolute atomic E-state index is 0.108. The largest absolute Gasteiger partial charge is 0.464 e. The van der Waals surface area contributed by atoms with E-state index in [2.05, 4.69) is 60.3 Å². The number of hydrogen-bond acceptors (Lipinski definition) is 11. The lowest BCUT2D eigenvalue weighted by Gasteiger charge is -2.49. The van der Waals surface area contributed by atoms with Gasteiger partial charge in [-0.15, -0.1) is 11.3 Å². The molecule has 8 rings (SSSR count). The second-order valence-electron chi connectivity index (χ2n) is 18.8. The van der Waals surface area contributed by atoms with Crippen molar-refractivity contribution in [3.8, 4) is 22.5 Å². The minimum atomic E-state index is -1.04. The fourth-order valence-corrected chi connectivity index (χ4v) is 10.7. The van der Waals surface area contributed by atoms with E-state index in [1.54, 1.807) is 25.3 Å². The van der Waals surface area contributed by atoms with Crippen molar-refractivity contribution >= 4 is 46.1 Å². The molecule has 63 heavy (non-hydrogen) atoms. The number of ether oxygens (including phenoxy) is 3. The Kier molecular flexibility index (Phi) is 12.7. The summed E-state index contributed by atoms with van der Waals surface area (Å²) in [4.78, 5) is 69.7. The summed E-state index contributed by atoms with van der Waals surface area (Å²) < 4.78 is 20.2. The van der Waals surface area contributed by atoms with E-state index in [1.165, 1.54) is 21.2 Å². The summed E-state index contributed by atoms with van der Waals surface area (Å²) >= 11 is 1.43. The van der Waals surface area contributed by atoms with Crippen LogP contribution in [0, 0.1) is 11.3 Å². The number of fused-ring (bicyclic) bond motifs is 6. The van der Waals surface area contributed by atoms with Gasteiger partial charge in [-0.2, -0.15) is 0 Å². The zero-order valence-corrected chi connectivity index (χ0v) is 38.7. The Morgan fingerprint density at radius 1 is 1.14 bits per heavy atom. The second kappa shape index (κ2) is 17.9. The first-order valence-electron chi connectivity index (χ1n) is 22.4. The minimum Gasteiger partial charge on any atom is -0.464 e. The standard InChI is InChI=1S/C47H62N8O7S/c1-9-54-37-16-15-30-21-32(37)33(41(54)31-13-10-18-48-39(31)29(4)60-8)23-46(5,6)27-61-44(58)34-14-11-19-55(51-34)43(57)35(22-38-49-36(30)24-63-38)50-42(56)40(28(2)3)52(7)45(59)53-25-47(26-53)17-12-20-62-47/h10,13,15-16,18,21,24,28-29,34-35,40,51H,9,11-12,14,17,19-20,22-23,25-27H2,1-8H3,(H,50,56)/t29-,34-,35-,40-/m0/s1. The zero-order chi connectivity index (χ0) is 44.8. The Balaban J connectivity index is 1.16. The summed E-state index contributed by atoms with van der Waals surface area (Å²) in [5, 5.41) is 8.20. The van der Waals surface area contributed by atoms with E-state index in [4.69, 9.17) is 24.2 Å². The second-order valence-corrected chi connectivity index (χ2v) is 19.8. The number of pyridine rings is 1. The smallest absolute Gasteiger partial charge is 0.324 e. The summed E-state index contributed by atoms with van der Waals surface area (Å²) in [7, 11) is 3.33. The molecule has 3 saturated heterocycles. The average Bonchev–Trinajstić information content (AvgIpc) is 4.02. The van der Waals surface area contributed by atoms with Crippen LogP contribution in [-0.2, 0) is 48.0 Å². The lowest BCUT2D eigenvalue weighted by molar-refractivity contribution is -0.155. The van der Waals surface area contributed by atoms with Gasteiger partial charge in [-0.3, -0.25) is 24.4 Å². The normalized spacial score (nSPS) is 22.1. The Labute approximate surface area is 373 Å². The SMILES string of the molecule is CCn1c(-c2cccnc2[C@H](C)OC)c2c3cc(ccc31)-c1csc(n1)C[C@H](NC(=O)[C@H](C(C)C)N(C)C(=O)N1CC3(CCCO3)C1)C(=O)N1CCC[C@H](N1)C(=O)OCC(C)(C)C2. The summed E-state index contributed by atoms with van der Waals surface area (Å²) in [6, 6.07) is 7.55. The maximum Gasteiger partial charge on any atom is 0.324 e. The number of carbonyl (C=O) groups is 4. The number of cyclic esters (lactones) is 1. The predicted molar refractivity (Wildman–Crippen MR) is 241 cm³/mol. The number of likely N-dealkylation sites (tertiary alicyclic amines) is 1. The summed E-state index contributed by atoms with van der Waals surface area (Å²) in [5.74, 6) is -1.53. The number of aromatic nitrogens is 3. The van der Waals surface area contributed by atoms with Gasteiger partial charge in [-0.1, -0.05) is 33.8 Å². The molecule has 3 aromatic heterocycles. The van der Waals surface area contributed by atoms with Crippen LogP contribution in [0.3, 0.4) is 0 Å². The van der Waals surface area contributed by atoms with Gasteiger partial charge >= 0.3 is 12.0 Å². The quantitative estimate of drug-likeness (QED) is 0.197. The third kappa shape index (κ3) is 8.83. The van der Waals surface area contributed by atoms with Crippen LogP contribution in [-0.4, -0.2) is 124 Å². The van der Waals surface area contributed by atoms with Gasteiger partial charge < -0.3 is 33.9 Å². The molecule has 1 spiro atoms. The molecule has 0 aliphatic carbocycles. The number of nitrogens with one attached hydrogen (secondary N) is 2. The number of amides is 4. The molecule has 4 amide bonds. The van der Waals surface area contributed by atoms with Gasteiger partial charge in [0, 0.05) is 79.3 Å². The van der Waals surface area contributed by atoms with Crippen LogP contribution in [0.15, 0.2) is 41.9 Å². The molecular formula is C47H62N8O7S. The number of rotatable bonds is 8. The molecule has 3 fully saturated rings. The van der Waals surface area contributed by atoms with E-state index in [0.29, 0.717) is 57.1 Å². The van der Waals surface area contributed by atoms with E-state index >= 15 is 0 Å². The van der Waals surface area contributed by atoms with Crippen molar-refractivity contribution in [2.75, 3.05) is 47.0 Å². The molecule has 0 radical (unpaired) electrons. The number of nitrogens with zero attached hydrogens (tertiary/aromatic N) is 6. The van der Waals surface area contributed by atoms with Gasteiger partial charge in [0.15, 0.2) is 0 Å². The zero-order valence-electron chi connectivity index (χ0n) is 37.9.